The molecule has 2 aliphatic heterocycles. The summed E-state index contributed by atoms with van der Waals surface area (Å²) >= 11 is 11.9. The second-order valence-corrected chi connectivity index (χ2v) is 21.0. The topological polar surface area (TPSA) is 175 Å². The maximum atomic E-state index is 15.0. The number of carbonyl (C=O) groups excluding carboxylic acids is 5. The number of likely N-dealkylation sites (N-methyl/N-ethyl adjacent to an activating group) is 1. The number of unbranched alkanes of at least 4 members (excludes halogenated alkanes) is 1. The molecule has 3 atom stereocenters. The summed E-state index contributed by atoms with van der Waals surface area (Å²) in [7, 11) is 1.47. The van der Waals surface area contributed by atoms with Gasteiger partial charge in [-0.3, -0.25) is 23.4 Å². The minimum absolute atomic E-state index is 0.00372. The van der Waals surface area contributed by atoms with Crippen molar-refractivity contribution in [3.8, 4) is 0 Å². The Bertz CT molecular complexity index is 2350. The van der Waals surface area contributed by atoms with Crippen LogP contribution >= 0.6 is 39.5 Å². The molecule has 68 heavy (non-hydrogen) atoms. The number of nitrogens with zero attached hydrogens (tertiary/aromatic N) is 4. The lowest BCUT2D eigenvalue weighted by Crippen LogP contribution is -2.57. The van der Waals surface area contributed by atoms with Crippen molar-refractivity contribution in [2.75, 3.05) is 39.8 Å². The van der Waals surface area contributed by atoms with Crippen LogP contribution in [-0.2, 0) is 36.8 Å². The number of benzene rings is 2. The molecule has 15 nitrogen and oxygen atoms in total. The number of ether oxygens (including phenoxy) is 2. The van der Waals surface area contributed by atoms with E-state index < -0.39 is 72.2 Å². The molecule has 0 aliphatic carbocycles. The minimum Gasteiger partial charge on any atom is -0.444 e. The molecule has 5 rings (SSSR count). The summed E-state index contributed by atoms with van der Waals surface area (Å²) in [5.41, 5.74) is 0.864. The molecule has 0 unspecified atom stereocenters. The number of aromatic nitrogens is 1. The van der Waals surface area contributed by atoms with E-state index in [1.54, 1.807) is 70.4 Å². The maximum absolute atomic E-state index is 15.0. The Kier molecular flexibility index (Phi) is 19.3. The Hall–Kier alpha value is -4.69. The zero-order valence-electron chi connectivity index (χ0n) is 39.6. The molecule has 3 heterocycles. The summed E-state index contributed by atoms with van der Waals surface area (Å²) in [5.74, 6) is -1.70. The number of para-hydroxylation sites is 1. The zero-order chi connectivity index (χ0) is 49.9. The average Bonchev–Trinajstić information content (AvgIpc) is 3.63. The Morgan fingerprint density at radius 1 is 0.941 bits per heavy atom. The van der Waals surface area contributed by atoms with E-state index >= 15 is 4.79 Å². The van der Waals surface area contributed by atoms with Crippen molar-refractivity contribution < 1.29 is 47.3 Å². The first-order valence-corrected chi connectivity index (χ1v) is 24.6. The van der Waals surface area contributed by atoms with Gasteiger partial charge in [-0.05, 0) is 103 Å². The largest absolute Gasteiger partial charge is 0.444 e. The van der Waals surface area contributed by atoms with E-state index in [-0.39, 0.29) is 64.8 Å². The molecule has 20 heteroatoms. The number of hydrogen-bond acceptors (Lipinski definition) is 11. The van der Waals surface area contributed by atoms with Gasteiger partial charge in [0.1, 0.15) is 23.3 Å². The summed E-state index contributed by atoms with van der Waals surface area (Å²) < 4.78 is 42.1. The van der Waals surface area contributed by atoms with Crippen LogP contribution in [0.3, 0.4) is 0 Å². The van der Waals surface area contributed by atoms with Crippen LogP contribution < -0.4 is 16.0 Å². The highest BCUT2D eigenvalue weighted by Gasteiger charge is 2.36. The van der Waals surface area contributed by atoms with Crippen molar-refractivity contribution in [1.29, 1.82) is 0 Å². The molecule has 4 N–H and O–H groups in total. The van der Waals surface area contributed by atoms with Crippen LogP contribution in [-0.4, -0.2) is 129 Å². The first-order valence-electron chi connectivity index (χ1n) is 22.6. The zero-order valence-corrected chi connectivity index (χ0v) is 42.7. The van der Waals surface area contributed by atoms with Crippen LogP contribution in [0, 0.1) is 0 Å². The van der Waals surface area contributed by atoms with Crippen molar-refractivity contribution in [3.05, 3.63) is 87.0 Å². The number of amides is 4. The fourth-order valence-electron chi connectivity index (χ4n) is 7.71. The predicted octanol–water partition coefficient (Wildman–Crippen LogP) is 8.06. The number of halogens is 4. The Morgan fingerprint density at radius 2 is 1.62 bits per heavy atom. The lowest BCUT2D eigenvalue weighted by Gasteiger charge is -2.32. The van der Waals surface area contributed by atoms with Gasteiger partial charge in [0.25, 0.3) is 6.43 Å². The third kappa shape index (κ3) is 15.2. The van der Waals surface area contributed by atoms with Gasteiger partial charge in [0.15, 0.2) is 0 Å². The molecule has 0 fully saturated rings. The molecule has 372 valence electrons. The summed E-state index contributed by atoms with van der Waals surface area (Å²) in [6.45, 7) is 9.59. The molecule has 0 saturated heterocycles. The summed E-state index contributed by atoms with van der Waals surface area (Å²) in [4.78, 5) is 73.7. The van der Waals surface area contributed by atoms with Crippen LogP contribution in [0.4, 0.5) is 18.4 Å². The Balaban J connectivity index is 1.58. The fourth-order valence-corrected chi connectivity index (χ4v) is 9.69. The average molecular weight is 1050 g/mol. The Labute approximate surface area is 414 Å². The van der Waals surface area contributed by atoms with Crippen molar-refractivity contribution in [2.45, 2.75) is 127 Å². The van der Waals surface area contributed by atoms with Gasteiger partial charge in [-0.1, -0.05) is 64.1 Å². The smallest absolute Gasteiger partial charge is 0.419 e. The first-order chi connectivity index (χ1) is 32.1. The second-order valence-electron chi connectivity index (χ2n) is 18.7. The molecule has 3 aromatic rings. The van der Waals surface area contributed by atoms with Gasteiger partial charge in [0.05, 0.1) is 29.7 Å². The second kappa shape index (κ2) is 24.2. The van der Waals surface area contributed by atoms with Crippen LogP contribution in [0.25, 0.3) is 10.9 Å². The van der Waals surface area contributed by atoms with Gasteiger partial charge in [-0.25, -0.2) is 18.4 Å². The van der Waals surface area contributed by atoms with E-state index in [1.165, 1.54) is 28.3 Å². The van der Waals surface area contributed by atoms with E-state index in [2.05, 4.69) is 31.9 Å². The molecule has 2 aromatic carbocycles. The van der Waals surface area contributed by atoms with Crippen molar-refractivity contribution in [2.24, 2.45) is 0 Å². The third-order valence-corrected chi connectivity index (χ3v) is 13.5. The van der Waals surface area contributed by atoms with Gasteiger partial charge in [0, 0.05) is 78.0 Å². The molecule has 0 saturated carbocycles. The van der Waals surface area contributed by atoms with E-state index in [4.69, 9.17) is 21.3 Å². The molecular weight excluding hydrogens is 988 g/mol. The van der Waals surface area contributed by atoms with Crippen LogP contribution in [0.5, 0.6) is 0 Å². The summed E-state index contributed by atoms with van der Waals surface area (Å²) in [5, 5.41) is 20.5. The minimum atomic E-state index is -2.82. The van der Waals surface area contributed by atoms with Crippen LogP contribution in [0.2, 0.25) is 0 Å². The molecular formula is C48H63BrClF2N7O8S. The van der Waals surface area contributed by atoms with Crippen molar-refractivity contribution >= 4 is 80.3 Å². The molecule has 2 aliphatic rings. The third-order valence-electron chi connectivity index (χ3n) is 11.0. The Morgan fingerprint density at radius 3 is 2.31 bits per heavy atom. The maximum Gasteiger partial charge on any atom is 0.419 e. The van der Waals surface area contributed by atoms with Gasteiger partial charge < -0.3 is 40.3 Å². The number of carbonyl (C=O) groups is 5. The predicted molar refractivity (Wildman–Crippen MR) is 262 cm³/mol. The number of hydrogen-bond donors (Lipinski definition) is 4. The van der Waals surface area contributed by atoms with Crippen molar-refractivity contribution in [1.82, 2.24) is 34.7 Å². The number of fused-ring (bicyclic) bond motifs is 2. The number of aliphatic hydroxyl groups is 1. The van der Waals surface area contributed by atoms with E-state index in [1.807, 2.05) is 36.4 Å². The highest BCUT2D eigenvalue weighted by Crippen LogP contribution is 2.40. The highest BCUT2D eigenvalue weighted by atomic mass is 79.9. The molecule has 1 aromatic heterocycles. The lowest BCUT2D eigenvalue weighted by molar-refractivity contribution is -0.142. The van der Waals surface area contributed by atoms with E-state index in [0.29, 0.717) is 38.1 Å². The lowest BCUT2D eigenvalue weighted by atomic mass is 10.0. The summed E-state index contributed by atoms with van der Waals surface area (Å²) in [6, 6.07) is 11.4. The number of rotatable bonds is 12. The number of thioether (sulfide) groups is 1. The molecule has 0 bridgehead atoms. The van der Waals surface area contributed by atoms with Crippen LogP contribution in [0.15, 0.2) is 80.8 Å². The molecule has 0 radical (unpaired) electrons. The van der Waals surface area contributed by atoms with Gasteiger partial charge >= 0.3 is 12.2 Å². The van der Waals surface area contributed by atoms with Gasteiger partial charge in [0.2, 0.25) is 17.7 Å². The molecule has 4 amide bonds. The number of aliphatic hydroxyl groups excluding tert-OH is 1. The van der Waals surface area contributed by atoms with Crippen LogP contribution in [0.1, 0.15) is 84.8 Å². The monoisotopic (exact) mass is 1050 g/mol. The fraction of sp³-hybridized carbons (Fsp3) is 0.521. The molecule has 0 spiro atoms. The standard InChI is InChI=1S/C48H63BrClF2N7O8S/c1-47(2,3)66-45(64)57(29-40(51)52)22-13-12-17-36-43(63)56(7)38(25-31-28-58(46(65)67-48(4,5)6)37-19-10-9-16-32(31)37)42(62)54-27-33-34(49)21-23-59(50)44(33)68-39-20-11-8-15-30(39)26-53-35(18-14-24-60)41(61)55-36/h8-11,15-16,19-21,28,35-36,38,40,53,60H,12-14,17-18,22-27,29H2,1-7H3,(H,54,62)(H,55,61)/t35-,36-,38-/m0/s1. The van der Waals surface area contributed by atoms with Gasteiger partial charge in [-0.15, -0.1) is 0 Å². The van der Waals surface area contributed by atoms with E-state index in [0.717, 1.165) is 15.4 Å². The first kappa shape index (κ1) is 54.3. The normalized spacial score (nSPS) is 19.2. The number of nitrogens with one attached hydrogen (secondary N) is 3. The summed E-state index contributed by atoms with van der Waals surface area (Å²) in [6.07, 6.45) is -0.117. The SMILES string of the molecule is CN1C(=O)[C@H](CCCCN(CC(F)F)C(=O)OC(C)(C)C)NC(=O)[C@H](CCCO)NCc2ccccc2SC2=C(CNC(=O)[C@@H]1Cc1cn(C(=O)OC(C)(C)C)c3ccccc13)C(Br)=CCN2Cl. The quantitative estimate of drug-likeness (QED) is 0.102. The van der Waals surface area contributed by atoms with Gasteiger partial charge in [-0.2, -0.15) is 0 Å². The number of alkyl halides is 2. The highest BCUT2D eigenvalue weighted by molar-refractivity contribution is 9.12. The van der Waals surface area contributed by atoms with Crippen molar-refractivity contribution in [3.63, 3.8) is 0 Å². The van der Waals surface area contributed by atoms with E-state index in [9.17, 15) is 33.1 Å².